The Morgan fingerprint density at radius 1 is 1.00 bits per heavy atom. The van der Waals surface area contributed by atoms with Crippen LogP contribution in [0.5, 0.6) is 0 Å². The monoisotopic (exact) mass is 214 g/mol. The Morgan fingerprint density at radius 3 is 2.44 bits per heavy atom. The van der Waals surface area contributed by atoms with E-state index in [9.17, 15) is 9.18 Å². The van der Waals surface area contributed by atoms with Crippen LogP contribution in [0.15, 0.2) is 48.5 Å². The molecular formula is C14H11FO. The van der Waals surface area contributed by atoms with Gasteiger partial charge in [0.25, 0.3) is 0 Å². The zero-order valence-electron chi connectivity index (χ0n) is 8.69. The Labute approximate surface area is 93.5 Å². The van der Waals surface area contributed by atoms with Gasteiger partial charge in [-0.2, -0.15) is 0 Å². The van der Waals surface area contributed by atoms with Crippen LogP contribution in [-0.4, -0.2) is 6.29 Å². The maximum Gasteiger partial charge on any atom is 0.153 e. The molecule has 0 aliphatic heterocycles. The topological polar surface area (TPSA) is 17.1 Å². The van der Waals surface area contributed by atoms with Crippen LogP contribution in [0.1, 0.15) is 21.5 Å². The van der Waals surface area contributed by atoms with Crippen molar-refractivity contribution in [2.75, 3.05) is 0 Å². The summed E-state index contributed by atoms with van der Waals surface area (Å²) in [5, 5.41) is 0. The minimum Gasteiger partial charge on any atom is -0.298 e. The molecule has 0 aliphatic carbocycles. The summed E-state index contributed by atoms with van der Waals surface area (Å²) in [7, 11) is 0. The average Bonchev–Trinajstić information content (AvgIpc) is 2.33. The van der Waals surface area contributed by atoms with Crippen LogP contribution >= 0.6 is 0 Å². The second kappa shape index (κ2) is 4.71. The zero-order chi connectivity index (χ0) is 11.4. The van der Waals surface area contributed by atoms with Crippen LogP contribution in [0.25, 0.3) is 0 Å². The first-order valence-electron chi connectivity index (χ1n) is 5.08. The van der Waals surface area contributed by atoms with Crippen molar-refractivity contribution in [2.45, 2.75) is 6.42 Å². The van der Waals surface area contributed by atoms with Crippen molar-refractivity contribution in [2.24, 2.45) is 0 Å². The number of carbonyl (C=O) groups excluding carboxylic acids is 1. The molecule has 0 atom stereocenters. The fraction of sp³-hybridized carbons (Fsp3) is 0.0714. The number of aldehydes is 1. The first kappa shape index (κ1) is 10.6. The van der Waals surface area contributed by atoms with Crippen molar-refractivity contribution in [3.63, 3.8) is 0 Å². The molecule has 0 spiro atoms. The van der Waals surface area contributed by atoms with Gasteiger partial charge in [-0.3, -0.25) is 4.79 Å². The van der Waals surface area contributed by atoms with Crippen molar-refractivity contribution in [1.82, 2.24) is 0 Å². The summed E-state index contributed by atoms with van der Waals surface area (Å²) in [6.45, 7) is 0. The molecule has 2 aromatic rings. The van der Waals surface area contributed by atoms with Crippen molar-refractivity contribution in [3.05, 3.63) is 71.0 Å². The largest absolute Gasteiger partial charge is 0.298 e. The number of hydrogen-bond donors (Lipinski definition) is 0. The Kier molecular flexibility index (Phi) is 3.10. The fourth-order valence-electron chi connectivity index (χ4n) is 1.64. The van der Waals surface area contributed by atoms with E-state index in [1.54, 1.807) is 12.1 Å². The zero-order valence-corrected chi connectivity index (χ0v) is 8.69. The number of rotatable bonds is 3. The summed E-state index contributed by atoms with van der Waals surface area (Å²) >= 11 is 0. The Balaban J connectivity index is 2.32. The second-order valence-corrected chi connectivity index (χ2v) is 3.60. The first-order chi connectivity index (χ1) is 7.81. The lowest BCUT2D eigenvalue weighted by Crippen LogP contribution is -1.96. The summed E-state index contributed by atoms with van der Waals surface area (Å²) in [6.07, 6.45) is 1.05. The molecule has 0 amide bonds. The van der Waals surface area contributed by atoms with Crippen LogP contribution in [-0.2, 0) is 6.42 Å². The molecule has 80 valence electrons. The molecule has 0 saturated carbocycles. The molecule has 16 heavy (non-hydrogen) atoms. The molecule has 2 aromatic carbocycles. The lowest BCUT2D eigenvalue weighted by molar-refractivity contribution is 0.111. The third kappa shape index (κ3) is 2.16. The van der Waals surface area contributed by atoms with Gasteiger partial charge in [0.15, 0.2) is 6.29 Å². The highest BCUT2D eigenvalue weighted by molar-refractivity contribution is 5.75. The first-order valence-corrected chi connectivity index (χ1v) is 5.08. The molecule has 0 aliphatic rings. The minimum atomic E-state index is -0.415. The number of hydrogen-bond acceptors (Lipinski definition) is 1. The second-order valence-electron chi connectivity index (χ2n) is 3.60. The SMILES string of the molecule is O=Cc1cccc(Cc2ccccc2)c1F. The molecule has 0 heterocycles. The molecule has 0 radical (unpaired) electrons. The fourth-order valence-corrected chi connectivity index (χ4v) is 1.64. The third-order valence-electron chi connectivity index (χ3n) is 2.47. The van der Waals surface area contributed by atoms with E-state index in [-0.39, 0.29) is 5.56 Å². The van der Waals surface area contributed by atoms with Gasteiger partial charge in [-0.25, -0.2) is 4.39 Å². The lowest BCUT2D eigenvalue weighted by Gasteiger charge is -2.04. The quantitative estimate of drug-likeness (QED) is 0.717. The molecule has 0 N–H and O–H groups in total. The van der Waals surface area contributed by atoms with Crippen molar-refractivity contribution in [1.29, 1.82) is 0 Å². The van der Waals surface area contributed by atoms with E-state index in [0.717, 1.165) is 5.56 Å². The Hall–Kier alpha value is -1.96. The van der Waals surface area contributed by atoms with Crippen LogP contribution < -0.4 is 0 Å². The standard InChI is InChI=1S/C14H11FO/c15-14-12(7-4-8-13(14)10-16)9-11-5-2-1-3-6-11/h1-8,10H,9H2. The van der Waals surface area contributed by atoms with Crippen LogP contribution in [0.3, 0.4) is 0 Å². The number of halogens is 1. The van der Waals surface area contributed by atoms with Gasteiger partial charge >= 0.3 is 0 Å². The molecule has 2 rings (SSSR count). The van der Waals surface area contributed by atoms with Gasteiger partial charge in [0.1, 0.15) is 5.82 Å². The highest BCUT2D eigenvalue weighted by Gasteiger charge is 2.07. The summed E-state index contributed by atoms with van der Waals surface area (Å²) < 4.78 is 13.7. The summed E-state index contributed by atoms with van der Waals surface area (Å²) in [5.41, 5.74) is 1.70. The Bertz CT molecular complexity index is 491. The number of benzene rings is 2. The molecule has 1 nitrogen and oxygen atoms in total. The van der Waals surface area contributed by atoms with Gasteiger partial charge in [0.2, 0.25) is 0 Å². The molecular weight excluding hydrogens is 203 g/mol. The highest BCUT2D eigenvalue weighted by Crippen LogP contribution is 2.15. The summed E-state index contributed by atoms with van der Waals surface area (Å²) in [4.78, 5) is 10.6. The summed E-state index contributed by atoms with van der Waals surface area (Å²) in [5.74, 6) is -0.415. The predicted octanol–water partition coefficient (Wildman–Crippen LogP) is 3.23. The van der Waals surface area contributed by atoms with E-state index < -0.39 is 5.82 Å². The lowest BCUT2D eigenvalue weighted by atomic mass is 10.0. The van der Waals surface area contributed by atoms with E-state index in [1.807, 2.05) is 30.3 Å². The van der Waals surface area contributed by atoms with Crippen molar-refractivity contribution >= 4 is 6.29 Å². The van der Waals surface area contributed by atoms with Gasteiger partial charge in [0, 0.05) is 6.42 Å². The van der Waals surface area contributed by atoms with Crippen LogP contribution in [0.4, 0.5) is 4.39 Å². The molecule has 2 heteroatoms. The van der Waals surface area contributed by atoms with Crippen molar-refractivity contribution < 1.29 is 9.18 Å². The van der Waals surface area contributed by atoms with E-state index in [0.29, 0.717) is 18.3 Å². The van der Waals surface area contributed by atoms with Crippen molar-refractivity contribution in [3.8, 4) is 0 Å². The molecule has 0 saturated heterocycles. The maximum atomic E-state index is 13.7. The average molecular weight is 214 g/mol. The Morgan fingerprint density at radius 2 is 1.75 bits per heavy atom. The van der Waals surface area contributed by atoms with E-state index >= 15 is 0 Å². The minimum absolute atomic E-state index is 0.119. The van der Waals surface area contributed by atoms with E-state index in [1.165, 1.54) is 6.07 Å². The van der Waals surface area contributed by atoms with Crippen LogP contribution in [0, 0.1) is 5.82 Å². The van der Waals surface area contributed by atoms with Gasteiger partial charge in [-0.05, 0) is 17.2 Å². The van der Waals surface area contributed by atoms with Gasteiger partial charge < -0.3 is 0 Å². The molecule has 0 bridgehead atoms. The number of carbonyl (C=O) groups is 1. The molecule has 0 fully saturated rings. The smallest absolute Gasteiger partial charge is 0.153 e. The van der Waals surface area contributed by atoms with Gasteiger partial charge in [-0.1, -0.05) is 42.5 Å². The molecule has 0 aromatic heterocycles. The summed E-state index contributed by atoms with van der Waals surface area (Å²) in [6, 6.07) is 14.5. The third-order valence-corrected chi connectivity index (χ3v) is 2.47. The van der Waals surface area contributed by atoms with Gasteiger partial charge in [0.05, 0.1) is 5.56 Å². The molecule has 0 unspecified atom stereocenters. The van der Waals surface area contributed by atoms with E-state index in [2.05, 4.69) is 0 Å². The maximum absolute atomic E-state index is 13.7. The van der Waals surface area contributed by atoms with Gasteiger partial charge in [-0.15, -0.1) is 0 Å². The van der Waals surface area contributed by atoms with Crippen LogP contribution in [0.2, 0.25) is 0 Å². The predicted molar refractivity (Wildman–Crippen MR) is 61.0 cm³/mol. The van der Waals surface area contributed by atoms with E-state index in [4.69, 9.17) is 0 Å². The normalized spacial score (nSPS) is 10.1. The highest BCUT2D eigenvalue weighted by atomic mass is 19.1.